The highest BCUT2D eigenvalue weighted by Gasteiger charge is 2.26. The van der Waals surface area contributed by atoms with Crippen molar-refractivity contribution in [1.29, 1.82) is 0 Å². The van der Waals surface area contributed by atoms with Gasteiger partial charge >= 0.3 is 15.6 Å². The molecule has 14 heteroatoms. The molecule has 0 amide bonds. The van der Waals surface area contributed by atoms with Gasteiger partial charge in [0.15, 0.2) is 5.78 Å². The Labute approximate surface area is 106 Å². The van der Waals surface area contributed by atoms with Crippen LogP contribution in [0.1, 0.15) is 0 Å². The minimum Gasteiger partial charge on any atom is -0.388 e. The Morgan fingerprint density at radius 2 is 1.42 bits per heavy atom. The van der Waals surface area contributed by atoms with E-state index in [0.717, 1.165) is 0 Å². The summed E-state index contributed by atoms with van der Waals surface area (Å²) in [6.45, 7) is -1.88. The number of Topliss-reactive ketones (excluding diaryl/α,β-unsaturated/α-hetero) is 1. The van der Waals surface area contributed by atoms with E-state index < -0.39 is 46.9 Å². The van der Waals surface area contributed by atoms with E-state index in [1.807, 2.05) is 0 Å². The normalized spacial score (nSPS) is 15.2. The number of phosphoric ester groups is 1. The average molecular weight is 328 g/mol. The number of aliphatic hydroxyl groups excluding tert-OH is 3. The minimum absolute atomic E-state index is 0.906. The average Bonchev–Trinajstić information content (AvgIpc) is 2.20. The number of phosphoric acid groups is 2. The Morgan fingerprint density at radius 1 is 1.05 bits per heavy atom. The zero-order valence-electron chi connectivity index (χ0n) is 9.17. The lowest BCUT2D eigenvalue weighted by atomic mass is 10.1. The highest BCUT2D eigenvalue weighted by atomic mass is 31.2. The first-order valence-corrected chi connectivity index (χ1v) is 7.35. The van der Waals surface area contributed by atoms with Gasteiger partial charge in [0.25, 0.3) is 0 Å². The fourth-order valence-corrected chi connectivity index (χ4v) is 0.920. The number of carbonyl (C=O) groups is 1. The van der Waals surface area contributed by atoms with Crippen LogP contribution in [0.3, 0.4) is 0 Å². The first-order valence-electron chi connectivity index (χ1n) is 4.26. The molecule has 0 aliphatic carbocycles. The van der Waals surface area contributed by atoms with Crippen LogP contribution in [0.4, 0.5) is 0 Å². The van der Waals surface area contributed by atoms with Gasteiger partial charge in [-0.2, -0.15) is 0 Å². The summed E-state index contributed by atoms with van der Waals surface area (Å²) < 4.78 is 22.9. The van der Waals surface area contributed by atoms with Gasteiger partial charge in [0.2, 0.25) is 0 Å². The molecule has 0 saturated carbocycles. The molecule has 0 spiro atoms. The first kappa shape index (κ1) is 21.1. The maximum atomic E-state index is 10.6. The van der Waals surface area contributed by atoms with Gasteiger partial charge in [-0.3, -0.25) is 9.32 Å². The molecule has 0 saturated heterocycles. The second kappa shape index (κ2) is 8.84. The van der Waals surface area contributed by atoms with Gasteiger partial charge < -0.3 is 39.8 Å². The quantitative estimate of drug-likeness (QED) is 0.222. The predicted molar refractivity (Wildman–Crippen MR) is 56.4 cm³/mol. The summed E-state index contributed by atoms with van der Waals surface area (Å²) in [7, 11) is -9.38. The minimum atomic E-state index is -4.74. The van der Waals surface area contributed by atoms with Crippen LogP contribution in [-0.2, 0) is 18.4 Å². The highest BCUT2D eigenvalue weighted by Crippen LogP contribution is 2.35. The molecule has 0 aliphatic rings. The van der Waals surface area contributed by atoms with Crippen LogP contribution in [0.2, 0.25) is 0 Å². The van der Waals surface area contributed by atoms with Crippen LogP contribution in [0.5, 0.6) is 0 Å². The Morgan fingerprint density at radius 3 is 1.68 bits per heavy atom. The van der Waals surface area contributed by atoms with E-state index in [-0.39, 0.29) is 0 Å². The van der Waals surface area contributed by atoms with Crippen molar-refractivity contribution in [3.63, 3.8) is 0 Å². The van der Waals surface area contributed by atoms with Crippen molar-refractivity contribution in [3.05, 3.63) is 0 Å². The monoisotopic (exact) mass is 328 g/mol. The van der Waals surface area contributed by atoms with Crippen LogP contribution in [0, 0.1) is 0 Å². The third-order valence-corrected chi connectivity index (χ3v) is 1.75. The van der Waals surface area contributed by atoms with Gasteiger partial charge in [-0.25, -0.2) is 9.13 Å². The van der Waals surface area contributed by atoms with Crippen molar-refractivity contribution in [3.8, 4) is 0 Å². The second-order valence-corrected chi connectivity index (χ2v) is 5.20. The van der Waals surface area contributed by atoms with E-state index in [0.29, 0.717) is 0 Å². The molecule has 0 heterocycles. The Hall–Kier alpha value is -0.230. The molecular formula is C5H14O12P2. The first-order chi connectivity index (χ1) is 8.28. The molecule has 0 bridgehead atoms. The van der Waals surface area contributed by atoms with Crippen molar-refractivity contribution >= 4 is 21.4 Å². The SMILES string of the molecule is O=C(CO)C(O)C(O)COP(=O)(O)O.O=P(O)(O)O. The van der Waals surface area contributed by atoms with Crippen LogP contribution in [0.15, 0.2) is 0 Å². The van der Waals surface area contributed by atoms with Crippen molar-refractivity contribution in [2.24, 2.45) is 0 Å². The summed E-state index contributed by atoms with van der Waals surface area (Å²) >= 11 is 0. The lowest BCUT2D eigenvalue weighted by Gasteiger charge is -2.15. The van der Waals surface area contributed by atoms with E-state index in [2.05, 4.69) is 4.52 Å². The molecule has 0 aromatic rings. The topological polar surface area (TPSA) is 222 Å². The van der Waals surface area contributed by atoms with Crippen molar-refractivity contribution in [2.45, 2.75) is 12.2 Å². The molecule has 0 aliphatic heterocycles. The summed E-state index contributed by atoms with van der Waals surface area (Å²) in [5.74, 6) is -1.06. The van der Waals surface area contributed by atoms with Gasteiger partial charge in [0.1, 0.15) is 18.8 Å². The Balaban J connectivity index is 0. The van der Waals surface area contributed by atoms with Crippen LogP contribution in [0.25, 0.3) is 0 Å². The lowest BCUT2D eigenvalue weighted by Crippen LogP contribution is -2.38. The van der Waals surface area contributed by atoms with Crippen LogP contribution in [-0.4, -0.2) is 71.0 Å². The molecule has 0 aromatic heterocycles. The third kappa shape index (κ3) is 17.8. The summed E-state index contributed by atoms with van der Waals surface area (Å²) in [6.07, 6.45) is -3.71. The van der Waals surface area contributed by atoms with Gasteiger partial charge in [0.05, 0.1) is 6.61 Å². The zero-order chi connectivity index (χ0) is 15.9. The number of carbonyl (C=O) groups excluding carboxylic acids is 1. The van der Waals surface area contributed by atoms with Crippen molar-refractivity contribution < 1.29 is 58.2 Å². The van der Waals surface area contributed by atoms with Gasteiger partial charge in [-0.1, -0.05) is 0 Å². The Kier molecular flexibility index (Phi) is 9.81. The van der Waals surface area contributed by atoms with E-state index in [1.165, 1.54) is 0 Å². The predicted octanol–water partition coefficient (Wildman–Crippen LogP) is -3.55. The van der Waals surface area contributed by atoms with Gasteiger partial charge in [-0.05, 0) is 0 Å². The van der Waals surface area contributed by atoms with E-state index >= 15 is 0 Å². The van der Waals surface area contributed by atoms with Crippen molar-refractivity contribution in [1.82, 2.24) is 0 Å². The molecular weight excluding hydrogens is 314 g/mol. The number of hydrogen-bond acceptors (Lipinski definition) is 7. The summed E-state index contributed by atoms with van der Waals surface area (Å²) in [5, 5.41) is 26.1. The standard InChI is InChI=1S/C5H11O8P.H3O4P/c6-1-3(7)5(9)4(8)2-13-14(10,11)12;1-5(2,3)4/h4-6,8-9H,1-2H2,(H2,10,11,12);(H3,1,2,3,4). The van der Waals surface area contributed by atoms with Crippen LogP contribution >= 0.6 is 15.6 Å². The molecule has 8 N–H and O–H groups in total. The van der Waals surface area contributed by atoms with E-state index in [9.17, 15) is 9.36 Å². The Bertz CT molecular complexity index is 347. The summed E-state index contributed by atoms with van der Waals surface area (Å²) in [5.41, 5.74) is 0. The largest absolute Gasteiger partial charge is 0.469 e. The fraction of sp³-hybridized carbons (Fsp3) is 0.800. The van der Waals surface area contributed by atoms with Crippen LogP contribution < -0.4 is 0 Å². The van der Waals surface area contributed by atoms with E-state index in [4.69, 9.17) is 44.4 Å². The van der Waals surface area contributed by atoms with Gasteiger partial charge in [-0.15, -0.1) is 0 Å². The number of rotatable bonds is 6. The highest BCUT2D eigenvalue weighted by molar-refractivity contribution is 7.46. The van der Waals surface area contributed by atoms with Gasteiger partial charge in [0, 0.05) is 0 Å². The maximum absolute atomic E-state index is 10.6. The maximum Gasteiger partial charge on any atom is 0.469 e. The molecule has 12 nitrogen and oxygen atoms in total. The molecule has 116 valence electrons. The molecule has 0 fully saturated rings. The smallest absolute Gasteiger partial charge is 0.388 e. The molecule has 2 unspecified atom stereocenters. The molecule has 19 heavy (non-hydrogen) atoms. The van der Waals surface area contributed by atoms with Crippen molar-refractivity contribution in [2.75, 3.05) is 13.2 Å². The summed E-state index contributed by atoms with van der Waals surface area (Å²) in [4.78, 5) is 48.5. The van der Waals surface area contributed by atoms with E-state index in [1.54, 1.807) is 0 Å². The molecule has 0 aromatic carbocycles. The number of aliphatic hydroxyl groups is 3. The molecule has 2 atom stereocenters. The third-order valence-electron chi connectivity index (χ3n) is 1.26. The molecule has 0 radical (unpaired) electrons. The number of ketones is 1. The summed E-state index contributed by atoms with van der Waals surface area (Å²) in [6, 6.07) is 0. The number of hydrogen-bond donors (Lipinski definition) is 8. The zero-order valence-corrected chi connectivity index (χ0v) is 11.0. The lowest BCUT2D eigenvalue weighted by molar-refractivity contribution is -0.137. The molecule has 0 rings (SSSR count). The second-order valence-electron chi connectivity index (χ2n) is 2.94. The fourth-order valence-electron chi connectivity index (χ4n) is 0.573.